The van der Waals surface area contributed by atoms with Crippen molar-refractivity contribution >= 4 is 30.2 Å². The molecule has 0 radical (unpaired) electrons. The number of nitrogens with one attached hydrogen (secondary N) is 1. The van der Waals surface area contributed by atoms with Crippen LogP contribution < -0.4 is 25.6 Å². The highest BCUT2D eigenvalue weighted by atomic mass is 35.5. The summed E-state index contributed by atoms with van der Waals surface area (Å²) in [6, 6.07) is 20.3. The number of phenolic OH excluding ortho intramolecular Hbond substituents is 1. The van der Waals surface area contributed by atoms with Gasteiger partial charge in [-0.1, -0.05) is 36.4 Å². The number of rotatable bonds is 9. The number of hydrogen-bond donors (Lipinski definition) is 4. The molecule has 12 heteroatoms. The lowest BCUT2D eigenvalue weighted by atomic mass is 9.96. The average molecular weight is 646 g/mol. The van der Waals surface area contributed by atoms with Gasteiger partial charge < -0.3 is 25.2 Å². The van der Waals surface area contributed by atoms with Gasteiger partial charge in [0.1, 0.15) is 30.1 Å². The number of nitrogens with two attached hydrogens (primary N) is 1. The molecule has 1 saturated heterocycles. The Labute approximate surface area is 271 Å². The van der Waals surface area contributed by atoms with Crippen LogP contribution in [0.2, 0.25) is 0 Å². The van der Waals surface area contributed by atoms with Gasteiger partial charge in [0.15, 0.2) is 11.5 Å². The van der Waals surface area contributed by atoms with Crippen molar-refractivity contribution in [1.29, 1.82) is 5.26 Å². The summed E-state index contributed by atoms with van der Waals surface area (Å²) in [4.78, 5) is 18.4. The number of carbonyl (C=O) groups is 1. The van der Waals surface area contributed by atoms with E-state index < -0.39 is 11.7 Å². The van der Waals surface area contributed by atoms with Crippen LogP contribution in [0.4, 0.5) is 10.2 Å². The second-order valence-corrected chi connectivity index (χ2v) is 10.6. The van der Waals surface area contributed by atoms with Gasteiger partial charge in [0.25, 0.3) is 5.91 Å². The van der Waals surface area contributed by atoms with Gasteiger partial charge in [-0.2, -0.15) is 5.26 Å². The number of methoxy groups -OCH3 is 1. The van der Waals surface area contributed by atoms with Crippen LogP contribution in [0.5, 0.6) is 17.2 Å². The summed E-state index contributed by atoms with van der Waals surface area (Å²) in [5.41, 5.74) is 11.1. The number of aromatic hydroxyl groups is 1. The Bertz CT molecular complexity index is 1770. The minimum atomic E-state index is -0.678. The second-order valence-electron chi connectivity index (χ2n) is 10.6. The Morgan fingerprint density at radius 2 is 1.83 bits per heavy atom. The topological polar surface area (TPSA) is 154 Å². The maximum Gasteiger partial charge on any atom is 0.267 e. The molecule has 0 aliphatic carbocycles. The van der Waals surface area contributed by atoms with E-state index in [-0.39, 0.29) is 42.1 Å². The zero-order chi connectivity index (χ0) is 31.9. The molecule has 238 valence electrons. The van der Waals surface area contributed by atoms with Crippen molar-refractivity contribution < 1.29 is 29.0 Å². The lowest BCUT2D eigenvalue weighted by molar-refractivity contribution is -0.124. The molecule has 0 bridgehead atoms. The zero-order valence-electron chi connectivity index (χ0n) is 24.9. The van der Waals surface area contributed by atoms with Gasteiger partial charge in [-0.25, -0.2) is 14.9 Å². The first kappa shape index (κ1) is 33.7. The van der Waals surface area contributed by atoms with Crippen molar-refractivity contribution in [3.63, 3.8) is 0 Å². The van der Waals surface area contributed by atoms with Crippen molar-refractivity contribution in [2.75, 3.05) is 25.1 Å². The quantitative estimate of drug-likeness (QED) is 0.104. The predicted molar refractivity (Wildman–Crippen MR) is 174 cm³/mol. The Hall–Kier alpha value is -5.15. The van der Waals surface area contributed by atoms with E-state index in [1.807, 2.05) is 36.4 Å². The molecule has 1 amide bonds. The van der Waals surface area contributed by atoms with Gasteiger partial charge in [0.2, 0.25) is 0 Å². The number of hydrogen-bond acceptors (Lipinski definition) is 9. The van der Waals surface area contributed by atoms with Crippen LogP contribution in [0.1, 0.15) is 29.5 Å². The van der Waals surface area contributed by atoms with E-state index in [0.29, 0.717) is 47.0 Å². The molecule has 0 unspecified atom stereocenters. The van der Waals surface area contributed by atoms with Gasteiger partial charge in [-0.05, 0) is 59.9 Å². The molecule has 1 aromatic heterocycles. The summed E-state index contributed by atoms with van der Waals surface area (Å²) >= 11 is 0. The monoisotopic (exact) mass is 645 g/mol. The number of ether oxygens (including phenoxy) is 2. The van der Waals surface area contributed by atoms with E-state index in [9.17, 15) is 19.6 Å². The molecule has 5 rings (SSSR count). The third-order valence-electron chi connectivity index (χ3n) is 7.58. The fourth-order valence-electron chi connectivity index (χ4n) is 5.09. The molecule has 0 atom stereocenters. The van der Waals surface area contributed by atoms with Gasteiger partial charge in [-0.3, -0.25) is 10.0 Å². The van der Waals surface area contributed by atoms with E-state index in [0.717, 1.165) is 24.0 Å². The zero-order valence-corrected chi connectivity index (χ0v) is 25.8. The Morgan fingerprint density at radius 1 is 1.11 bits per heavy atom. The Morgan fingerprint density at radius 3 is 2.46 bits per heavy atom. The number of amides is 1. The number of halogens is 2. The first-order valence-corrected chi connectivity index (χ1v) is 14.3. The first-order chi connectivity index (χ1) is 21.8. The summed E-state index contributed by atoms with van der Waals surface area (Å²) in [7, 11) is 1.46. The highest BCUT2D eigenvalue weighted by molar-refractivity contribution is 5.91. The number of aromatic nitrogens is 1. The van der Waals surface area contributed by atoms with Crippen molar-refractivity contribution in [1.82, 2.24) is 10.5 Å². The number of phenols is 1. The molecule has 5 N–H and O–H groups in total. The Balaban J connectivity index is 0.00000480. The summed E-state index contributed by atoms with van der Waals surface area (Å²) in [5, 5.41) is 28.7. The van der Waals surface area contributed by atoms with Crippen LogP contribution in [0.15, 0.2) is 72.8 Å². The summed E-state index contributed by atoms with van der Waals surface area (Å²) in [5.74, 6) is -0.0504. The third kappa shape index (κ3) is 7.73. The van der Waals surface area contributed by atoms with E-state index in [1.54, 1.807) is 29.8 Å². The fourth-order valence-corrected chi connectivity index (χ4v) is 5.09. The summed E-state index contributed by atoms with van der Waals surface area (Å²) in [6.45, 7) is 1.52. The van der Waals surface area contributed by atoms with Crippen molar-refractivity contribution in [2.24, 2.45) is 5.73 Å². The maximum atomic E-state index is 15.0. The lowest BCUT2D eigenvalue weighted by Gasteiger charge is -2.32. The van der Waals surface area contributed by atoms with Crippen LogP contribution in [-0.4, -0.2) is 47.4 Å². The minimum absolute atomic E-state index is 0. The molecule has 0 saturated carbocycles. The number of anilines is 1. The predicted octanol–water partition coefficient (Wildman–Crippen LogP) is 5.59. The van der Waals surface area contributed by atoms with E-state index in [4.69, 9.17) is 25.4 Å². The molecule has 46 heavy (non-hydrogen) atoms. The molecule has 4 aromatic rings. The third-order valence-corrected chi connectivity index (χ3v) is 7.58. The molecular weight excluding hydrogens is 613 g/mol. The van der Waals surface area contributed by atoms with Crippen molar-refractivity contribution in [2.45, 2.75) is 25.5 Å². The number of nitriles is 1. The largest absolute Gasteiger partial charge is 0.504 e. The van der Waals surface area contributed by atoms with Gasteiger partial charge >= 0.3 is 0 Å². The molecular formula is C34H33ClFN5O5. The molecule has 10 nitrogen and oxygen atoms in total. The number of pyridine rings is 1. The van der Waals surface area contributed by atoms with Crippen LogP contribution in [-0.2, 0) is 11.4 Å². The normalized spacial score (nSPS) is 13.2. The highest BCUT2D eigenvalue weighted by Crippen LogP contribution is 2.43. The van der Waals surface area contributed by atoms with Crippen LogP contribution in [0.3, 0.4) is 0 Å². The standard InChI is InChI=1S/C34H32FN5O5.ClH/c1-44-29-10-9-23(17-28(29)41)33-30(45-20-22-4-2-21(3-5-22)6-11-32(42)39-43)18-31(40-14-12-26(37)13-15-40)38-34(33)24-7-8-25(19-36)27(35)16-24;/h2-11,16-18,26,41,43H,12-15,20,37H2,1H3,(H,39,42);1H/b11-6+;. The van der Waals surface area contributed by atoms with Crippen molar-refractivity contribution in [3.05, 3.63) is 95.3 Å². The van der Waals surface area contributed by atoms with E-state index in [1.165, 1.54) is 31.4 Å². The second kappa shape index (κ2) is 15.2. The van der Waals surface area contributed by atoms with Gasteiger partial charge in [-0.15, -0.1) is 12.4 Å². The molecule has 3 aromatic carbocycles. The molecule has 1 aliphatic heterocycles. The number of nitrogens with zero attached hydrogens (tertiary/aromatic N) is 3. The fraction of sp³-hybridized carbons (Fsp3) is 0.206. The molecule has 1 fully saturated rings. The SMILES string of the molecule is COc1ccc(-c2c(OCc3ccc(/C=C/C(=O)NO)cc3)cc(N3CCC(N)CC3)nc2-c2ccc(C#N)c(F)c2)cc1O.Cl. The lowest BCUT2D eigenvalue weighted by Crippen LogP contribution is -2.40. The number of carbonyl (C=O) groups excluding carboxylic acids is 1. The smallest absolute Gasteiger partial charge is 0.267 e. The average Bonchev–Trinajstić information content (AvgIpc) is 3.06. The number of piperidine rings is 1. The maximum absolute atomic E-state index is 15.0. The van der Waals surface area contributed by atoms with Crippen LogP contribution >= 0.6 is 12.4 Å². The van der Waals surface area contributed by atoms with Gasteiger partial charge in [0, 0.05) is 36.8 Å². The van der Waals surface area contributed by atoms with Crippen LogP contribution in [0, 0.1) is 17.1 Å². The highest BCUT2D eigenvalue weighted by Gasteiger charge is 2.24. The van der Waals surface area contributed by atoms with E-state index >= 15 is 0 Å². The first-order valence-electron chi connectivity index (χ1n) is 14.3. The van der Waals surface area contributed by atoms with Gasteiger partial charge in [0.05, 0.1) is 23.9 Å². The molecule has 0 spiro atoms. The summed E-state index contributed by atoms with van der Waals surface area (Å²) in [6.07, 6.45) is 4.34. The Kier molecular flexibility index (Phi) is 11.2. The molecule has 2 heterocycles. The van der Waals surface area contributed by atoms with E-state index in [2.05, 4.69) is 4.90 Å². The number of hydroxylamine groups is 1. The minimum Gasteiger partial charge on any atom is -0.504 e. The summed E-state index contributed by atoms with van der Waals surface area (Å²) < 4.78 is 26.7. The van der Waals surface area contributed by atoms with Crippen molar-refractivity contribution in [3.8, 4) is 45.7 Å². The van der Waals surface area contributed by atoms with Crippen LogP contribution in [0.25, 0.3) is 28.5 Å². The molecule has 1 aliphatic rings. The number of benzene rings is 3.